The Kier molecular flexibility index (Phi) is 4.38. The zero-order chi connectivity index (χ0) is 13.9. The fourth-order valence-corrected chi connectivity index (χ4v) is 2.30. The van der Waals surface area contributed by atoms with E-state index in [0.717, 1.165) is 6.42 Å². The van der Waals surface area contributed by atoms with Crippen molar-refractivity contribution in [3.8, 4) is 11.5 Å². The van der Waals surface area contributed by atoms with E-state index < -0.39 is 0 Å². The first-order chi connectivity index (χ1) is 8.19. The maximum absolute atomic E-state index is 12.0. The van der Waals surface area contributed by atoms with Crippen molar-refractivity contribution in [2.75, 3.05) is 0 Å². The molecular weight excluding hydrogens is 228 g/mol. The van der Waals surface area contributed by atoms with Crippen molar-refractivity contribution >= 4 is 5.78 Å². The van der Waals surface area contributed by atoms with Crippen LogP contribution in [-0.2, 0) is 0 Å². The van der Waals surface area contributed by atoms with Crippen molar-refractivity contribution in [2.45, 2.75) is 40.5 Å². The molecule has 1 aromatic rings. The summed E-state index contributed by atoms with van der Waals surface area (Å²) < 4.78 is 0. The number of carbonyl (C=O) groups is 1. The Morgan fingerprint density at radius 1 is 1.28 bits per heavy atom. The molecule has 0 spiro atoms. The average molecular weight is 250 g/mol. The fraction of sp³-hybridized carbons (Fsp3) is 0.533. The number of hydrogen-bond donors (Lipinski definition) is 2. The molecule has 0 aliphatic heterocycles. The lowest BCUT2D eigenvalue weighted by Gasteiger charge is -2.22. The van der Waals surface area contributed by atoms with E-state index in [1.54, 1.807) is 0 Å². The van der Waals surface area contributed by atoms with Crippen LogP contribution in [0.4, 0.5) is 0 Å². The number of phenolic OH excluding ortho intramolecular Hbond substituents is 2. The van der Waals surface area contributed by atoms with E-state index in [2.05, 4.69) is 20.8 Å². The van der Waals surface area contributed by atoms with Gasteiger partial charge in [0.05, 0.1) is 5.56 Å². The van der Waals surface area contributed by atoms with Gasteiger partial charge >= 0.3 is 0 Å². The smallest absolute Gasteiger partial charge is 0.166 e. The minimum absolute atomic E-state index is 0.0354. The molecule has 0 radical (unpaired) electrons. The number of benzene rings is 1. The summed E-state index contributed by atoms with van der Waals surface area (Å²) in [5.74, 6) is 0.00435. The minimum atomic E-state index is -0.150. The molecule has 0 amide bonds. The molecule has 0 bridgehead atoms. The van der Waals surface area contributed by atoms with E-state index in [-0.39, 0.29) is 34.2 Å². The van der Waals surface area contributed by atoms with Gasteiger partial charge in [0.1, 0.15) is 11.5 Å². The second-order valence-electron chi connectivity index (χ2n) is 6.20. The maximum Gasteiger partial charge on any atom is 0.166 e. The number of rotatable bonds is 4. The quantitative estimate of drug-likeness (QED) is 0.800. The van der Waals surface area contributed by atoms with Crippen molar-refractivity contribution in [3.05, 3.63) is 23.8 Å². The summed E-state index contributed by atoms with van der Waals surface area (Å²) >= 11 is 0. The van der Waals surface area contributed by atoms with Gasteiger partial charge in [-0.2, -0.15) is 0 Å². The standard InChI is InChI=1S/C15H22O3/c1-10(9-15(2,3)4)7-13(17)12-6-5-11(16)8-14(12)18/h5-6,8,10,16,18H,7,9H2,1-4H3. The third-order valence-corrected chi connectivity index (χ3v) is 2.78. The Balaban J connectivity index is 2.71. The van der Waals surface area contributed by atoms with Crippen LogP contribution in [0.2, 0.25) is 0 Å². The molecule has 1 rings (SSSR count). The van der Waals surface area contributed by atoms with Crippen molar-refractivity contribution in [2.24, 2.45) is 11.3 Å². The van der Waals surface area contributed by atoms with Gasteiger partial charge in [0.15, 0.2) is 5.78 Å². The van der Waals surface area contributed by atoms with Crippen LogP contribution < -0.4 is 0 Å². The number of carbonyl (C=O) groups excluding carboxylic acids is 1. The van der Waals surface area contributed by atoms with Crippen LogP contribution in [0.25, 0.3) is 0 Å². The first kappa shape index (κ1) is 14.6. The Bertz CT molecular complexity index is 430. The summed E-state index contributed by atoms with van der Waals surface area (Å²) in [5.41, 5.74) is 0.477. The van der Waals surface area contributed by atoms with Crippen LogP contribution in [0.1, 0.15) is 50.9 Å². The molecular formula is C15H22O3. The summed E-state index contributed by atoms with van der Waals surface area (Å²) in [6.45, 7) is 8.48. The molecule has 2 N–H and O–H groups in total. The van der Waals surface area contributed by atoms with Crippen LogP contribution in [0, 0.1) is 11.3 Å². The van der Waals surface area contributed by atoms with E-state index in [4.69, 9.17) is 0 Å². The average Bonchev–Trinajstić information content (AvgIpc) is 2.13. The molecule has 0 aliphatic carbocycles. The second-order valence-corrected chi connectivity index (χ2v) is 6.20. The molecule has 0 aromatic heterocycles. The molecule has 100 valence electrons. The Hall–Kier alpha value is -1.51. The maximum atomic E-state index is 12.0. The Morgan fingerprint density at radius 3 is 2.39 bits per heavy atom. The van der Waals surface area contributed by atoms with Gasteiger partial charge in [-0.25, -0.2) is 0 Å². The highest BCUT2D eigenvalue weighted by Crippen LogP contribution is 2.29. The SMILES string of the molecule is CC(CC(=O)c1ccc(O)cc1O)CC(C)(C)C. The van der Waals surface area contributed by atoms with E-state index >= 15 is 0 Å². The highest BCUT2D eigenvalue weighted by Gasteiger charge is 2.20. The Labute approximate surface area is 108 Å². The first-order valence-corrected chi connectivity index (χ1v) is 6.24. The van der Waals surface area contributed by atoms with Crippen molar-refractivity contribution < 1.29 is 15.0 Å². The van der Waals surface area contributed by atoms with Crippen LogP contribution in [-0.4, -0.2) is 16.0 Å². The lowest BCUT2D eigenvalue weighted by atomic mass is 9.83. The number of ketones is 1. The highest BCUT2D eigenvalue weighted by atomic mass is 16.3. The number of hydrogen-bond acceptors (Lipinski definition) is 3. The number of aromatic hydroxyl groups is 2. The molecule has 3 heteroatoms. The molecule has 1 atom stereocenters. The summed E-state index contributed by atoms with van der Waals surface area (Å²) in [6.07, 6.45) is 1.37. The predicted octanol–water partition coefficient (Wildman–Crippen LogP) is 3.74. The molecule has 0 saturated carbocycles. The molecule has 0 heterocycles. The first-order valence-electron chi connectivity index (χ1n) is 6.24. The summed E-state index contributed by atoms with van der Waals surface area (Å²) in [6, 6.07) is 4.08. The van der Waals surface area contributed by atoms with E-state index in [9.17, 15) is 15.0 Å². The van der Waals surface area contributed by atoms with E-state index in [0.29, 0.717) is 6.42 Å². The normalized spacial score (nSPS) is 13.3. The minimum Gasteiger partial charge on any atom is -0.508 e. The van der Waals surface area contributed by atoms with Gasteiger partial charge in [0, 0.05) is 12.5 Å². The van der Waals surface area contributed by atoms with Crippen LogP contribution >= 0.6 is 0 Å². The monoisotopic (exact) mass is 250 g/mol. The van der Waals surface area contributed by atoms with Gasteiger partial charge in [-0.05, 0) is 29.9 Å². The summed E-state index contributed by atoms with van der Waals surface area (Å²) in [4.78, 5) is 12.0. The molecule has 0 saturated heterocycles. The van der Waals surface area contributed by atoms with Crippen molar-refractivity contribution in [3.63, 3.8) is 0 Å². The number of phenols is 2. The zero-order valence-electron chi connectivity index (χ0n) is 11.5. The van der Waals surface area contributed by atoms with Crippen LogP contribution in [0.5, 0.6) is 11.5 Å². The van der Waals surface area contributed by atoms with Crippen LogP contribution in [0.3, 0.4) is 0 Å². The molecule has 0 fully saturated rings. The van der Waals surface area contributed by atoms with Crippen molar-refractivity contribution in [1.82, 2.24) is 0 Å². The fourth-order valence-electron chi connectivity index (χ4n) is 2.30. The van der Waals surface area contributed by atoms with E-state index in [1.165, 1.54) is 18.2 Å². The van der Waals surface area contributed by atoms with Crippen LogP contribution in [0.15, 0.2) is 18.2 Å². The zero-order valence-corrected chi connectivity index (χ0v) is 11.5. The summed E-state index contributed by atoms with van der Waals surface area (Å²) in [7, 11) is 0. The molecule has 3 nitrogen and oxygen atoms in total. The lowest BCUT2D eigenvalue weighted by molar-refractivity contribution is 0.0951. The molecule has 1 aromatic carbocycles. The number of Topliss-reactive ketones (excluding diaryl/α,β-unsaturated/α-hetero) is 1. The third kappa shape index (κ3) is 4.40. The third-order valence-electron chi connectivity index (χ3n) is 2.78. The van der Waals surface area contributed by atoms with Gasteiger partial charge in [0.25, 0.3) is 0 Å². The largest absolute Gasteiger partial charge is 0.508 e. The highest BCUT2D eigenvalue weighted by molar-refractivity contribution is 5.98. The summed E-state index contributed by atoms with van der Waals surface area (Å²) in [5, 5.41) is 18.8. The topological polar surface area (TPSA) is 57.5 Å². The van der Waals surface area contributed by atoms with Gasteiger partial charge in [-0.1, -0.05) is 27.7 Å². The lowest BCUT2D eigenvalue weighted by Crippen LogP contribution is -2.14. The molecule has 18 heavy (non-hydrogen) atoms. The molecule has 0 aliphatic rings. The van der Waals surface area contributed by atoms with Gasteiger partial charge < -0.3 is 10.2 Å². The van der Waals surface area contributed by atoms with E-state index in [1.807, 2.05) is 6.92 Å². The van der Waals surface area contributed by atoms with Gasteiger partial charge in [0.2, 0.25) is 0 Å². The van der Waals surface area contributed by atoms with Gasteiger partial charge in [-0.3, -0.25) is 4.79 Å². The van der Waals surface area contributed by atoms with Gasteiger partial charge in [-0.15, -0.1) is 0 Å². The van der Waals surface area contributed by atoms with Crippen molar-refractivity contribution in [1.29, 1.82) is 0 Å². The second kappa shape index (κ2) is 5.42. The predicted molar refractivity (Wildman–Crippen MR) is 72.0 cm³/mol. The molecule has 1 unspecified atom stereocenters. The Morgan fingerprint density at radius 2 is 1.89 bits per heavy atom.